The molecule has 0 fully saturated rings. The van der Waals surface area contributed by atoms with Crippen molar-refractivity contribution < 1.29 is 8.78 Å². The van der Waals surface area contributed by atoms with Crippen molar-refractivity contribution in [3.8, 4) is 11.4 Å². The third-order valence-electron chi connectivity index (χ3n) is 2.58. The minimum atomic E-state index is -0.636. The summed E-state index contributed by atoms with van der Waals surface area (Å²) >= 11 is 5.86. The molecule has 0 spiro atoms. The van der Waals surface area contributed by atoms with Gasteiger partial charge in [0.05, 0.1) is 11.0 Å². The highest BCUT2D eigenvalue weighted by atomic mass is 35.5. The Hall–Kier alpha value is -1.94. The zero-order valence-corrected chi connectivity index (χ0v) is 9.80. The van der Waals surface area contributed by atoms with E-state index in [-0.39, 0.29) is 0 Å². The number of nitrogens with one attached hydrogen (secondary N) is 1. The van der Waals surface area contributed by atoms with E-state index in [9.17, 15) is 8.78 Å². The average molecular weight is 265 g/mol. The quantitative estimate of drug-likeness (QED) is 0.702. The molecule has 2 aromatic carbocycles. The molecule has 90 valence electrons. The van der Waals surface area contributed by atoms with Gasteiger partial charge in [-0.15, -0.1) is 0 Å². The Kier molecular flexibility index (Phi) is 2.52. The smallest absolute Gasteiger partial charge is 0.138 e. The molecule has 3 rings (SSSR count). The molecule has 0 saturated carbocycles. The molecule has 1 aromatic heterocycles. The number of rotatable bonds is 1. The van der Waals surface area contributed by atoms with Crippen LogP contribution in [0.2, 0.25) is 5.02 Å². The number of benzene rings is 2. The lowest BCUT2D eigenvalue weighted by atomic mass is 10.2. The molecule has 0 saturated heterocycles. The summed E-state index contributed by atoms with van der Waals surface area (Å²) in [5.41, 5.74) is 1.78. The van der Waals surface area contributed by atoms with Crippen molar-refractivity contribution in [1.82, 2.24) is 9.97 Å². The highest BCUT2D eigenvalue weighted by molar-refractivity contribution is 6.31. The maximum atomic E-state index is 13.1. The van der Waals surface area contributed by atoms with Crippen LogP contribution >= 0.6 is 11.6 Å². The van der Waals surface area contributed by atoms with Gasteiger partial charge in [0.25, 0.3) is 0 Å². The van der Waals surface area contributed by atoms with Crippen LogP contribution in [0.15, 0.2) is 36.4 Å². The van der Waals surface area contributed by atoms with Crippen LogP contribution in [-0.4, -0.2) is 9.97 Å². The van der Waals surface area contributed by atoms with Gasteiger partial charge in [0, 0.05) is 16.7 Å². The lowest BCUT2D eigenvalue weighted by Gasteiger charge is -1.97. The van der Waals surface area contributed by atoms with Crippen molar-refractivity contribution in [2.45, 2.75) is 0 Å². The first-order valence-electron chi connectivity index (χ1n) is 5.23. The normalized spacial score (nSPS) is 11.1. The molecule has 3 aromatic rings. The summed E-state index contributed by atoms with van der Waals surface area (Å²) in [5.74, 6) is -0.863. The first-order valence-corrected chi connectivity index (χ1v) is 5.61. The van der Waals surface area contributed by atoms with E-state index in [1.807, 2.05) is 0 Å². The minimum absolute atomic E-state index is 0.361. The molecular formula is C13H7ClF2N2. The molecule has 0 aliphatic rings. The molecule has 5 heteroatoms. The van der Waals surface area contributed by atoms with Gasteiger partial charge in [0.1, 0.15) is 17.5 Å². The zero-order chi connectivity index (χ0) is 12.7. The van der Waals surface area contributed by atoms with Crippen LogP contribution in [0.5, 0.6) is 0 Å². The van der Waals surface area contributed by atoms with Crippen LogP contribution in [0.1, 0.15) is 0 Å². The second kappa shape index (κ2) is 4.07. The molecule has 1 heterocycles. The number of aromatic amines is 1. The standard InChI is InChI=1S/C13H7ClF2N2/c14-8-1-2-11-12(5-8)18-13(17-11)7-3-9(15)6-10(16)4-7/h1-6H,(H,17,18). The van der Waals surface area contributed by atoms with Crippen LogP contribution in [-0.2, 0) is 0 Å². The predicted octanol–water partition coefficient (Wildman–Crippen LogP) is 4.16. The summed E-state index contributed by atoms with van der Waals surface area (Å²) in [6.45, 7) is 0. The van der Waals surface area contributed by atoms with Crippen LogP contribution < -0.4 is 0 Å². The fraction of sp³-hybridized carbons (Fsp3) is 0. The Labute approximate surface area is 106 Å². The summed E-state index contributed by atoms with van der Waals surface area (Å²) in [4.78, 5) is 7.24. The van der Waals surface area contributed by atoms with Gasteiger partial charge in [-0.25, -0.2) is 13.8 Å². The average Bonchev–Trinajstić information content (AvgIpc) is 2.70. The van der Waals surface area contributed by atoms with Crippen molar-refractivity contribution in [2.24, 2.45) is 0 Å². The summed E-state index contributed by atoms with van der Waals surface area (Å²) in [6, 6.07) is 8.44. The van der Waals surface area contributed by atoms with Gasteiger partial charge < -0.3 is 4.98 Å². The maximum Gasteiger partial charge on any atom is 0.138 e. The Morgan fingerprint density at radius 3 is 2.44 bits per heavy atom. The van der Waals surface area contributed by atoms with Gasteiger partial charge in [0.15, 0.2) is 0 Å². The van der Waals surface area contributed by atoms with E-state index in [1.165, 1.54) is 12.1 Å². The number of aromatic nitrogens is 2. The lowest BCUT2D eigenvalue weighted by molar-refractivity contribution is 0.584. The Morgan fingerprint density at radius 1 is 1.00 bits per heavy atom. The van der Waals surface area contributed by atoms with Crippen molar-refractivity contribution in [1.29, 1.82) is 0 Å². The molecule has 0 atom stereocenters. The summed E-state index contributed by atoms with van der Waals surface area (Å²) < 4.78 is 26.3. The minimum Gasteiger partial charge on any atom is -0.338 e. The van der Waals surface area contributed by atoms with E-state index in [0.29, 0.717) is 21.9 Å². The first-order chi connectivity index (χ1) is 8.61. The molecule has 0 radical (unpaired) electrons. The van der Waals surface area contributed by atoms with Gasteiger partial charge in [0.2, 0.25) is 0 Å². The van der Waals surface area contributed by atoms with Gasteiger partial charge in [-0.05, 0) is 30.3 Å². The largest absolute Gasteiger partial charge is 0.338 e. The third-order valence-corrected chi connectivity index (χ3v) is 2.82. The summed E-state index contributed by atoms with van der Waals surface area (Å²) in [6.07, 6.45) is 0. The highest BCUT2D eigenvalue weighted by Crippen LogP contribution is 2.24. The topological polar surface area (TPSA) is 28.7 Å². The van der Waals surface area contributed by atoms with Crippen molar-refractivity contribution >= 4 is 22.6 Å². The zero-order valence-electron chi connectivity index (χ0n) is 9.05. The van der Waals surface area contributed by atoms with Crippen LogP contribution in [0.3, 0.4) is 0 Å². The lowest BCUT2D eigenvalue weighted by Crippen LogP contribution is -1.85. The number of imidazole rings is 1. The summed E-state index contributed by atoms with van der Waals surface area (Å²) in [7, 11) is 0. The number of fused-ring (bicyclic) bond motifs is 1. The first kappa shape index (κ1) is 11.2. The van der Waals surface area contributed by atoms with Crippen LogP contribution in [0.4, 0.5) is 8.78 Å². The monoisotopic (exact) mass is 264 g/mol. The number of H-pyrrole nitrogens is 1. The van der Waals surface area contributed by atoms with E-state index in [4.69, 9.17) is 11.6 Å². The molecule has 0 unspecified atom stereocenters. The number of hydrogen-bond acceptors (Lipinski definition) is 1. The molecule has 0 aliphatic heterocycles. The predicted molar refractivity (Wildman–Crippen MR) is 66.5 cm³/mol. The second-order valence-electron chi connectivity index (χ2n) is 3.91. The molecule has 2 nitrogen and oxygen atoms in total. The second-order valence-corrected chi connectivity index (χ2v) is 4.34. The molecule has 0 bridgehead atoms. The van der Waals surface area contributed by atoms with Gasteiger partial charge >= 0.3 is 0 Å². The molecule has 1 N–H and O–H groups in total. The van der Waals surface area contributed by atoms with Gasteiger partial charge in [-0.3, -0.25) is 0 Å². The number of nitrogens with zero attached hydrogens (tertiary/aromatic N) is 1. The number of halogens is 3. The van der Waals surface area contributed by atoms with Crippen LogP contribution in [0, 0.1) is 11.6 Å². The van der Waals surface area contributed by atoms with Crippen molar-refractivity contribution in [3.05, 3.63) is 53.1 Å². The molecule has 0 amide bonds. The van der Waals surface area contributed by atoms with Gasteiger partial charge in [-0.2, -0.15) is 0 Å². The highest BCUT2D eigenvalue weighted by Gasteiger charge is 2.08. The van der Waals surface area contributed by atoms with E-state index in [2.05, 4.69) is 9.97 Å². The van der Waals surface area contributed by atoms with E-state index in [1.54, 1.807) is 18.2 Å². The summed E-state index contributed by atoms with van der Waals surface area (Å²) in [5, 5.41) is 0.572. The molecular weight excluding hydrogens is 258 g/mol. The Bertz CT molecular complexity index is 717. The van der Waals surface area contributed by atoms with Crippen molar-refractivity contribution in [3.63, 3.8) is 0 Å². The Balaban J connectivity index is 2.19. The number of hydrogen-bond donors (Lipinski definition) is 1. The Morgan fingerprint density at radius 2 is 1.72 bits per heavy atom. The third kappa shape index (κ3) is 1.95. The molecule has 0 aliphatic carbocycles. The SMILES string of the molecule is Fc1cc(F)cc(-c2nc3ccc(Cl)cc3[nH]2)c1. The van der Waals surface area contributed by atoms with E-state index in [0.717, 1.165) is 11.6 Å². The molecule has 18 heavy (non-hydrogen) atoms. The van der Waals surface area contributed by atoms with E-state index < -0.39 is 11.6 Å². The maximum absolute atomic E-state index is 13.1. The van der Waals surface area contributed by atoms with Crippen molar-refractivity contribution in [2.75, 3.05) is 0 Å². The van der Waals surface area contributed by atoms with E-state index >= 15 is 0 Å². The fourth-order valence-electron chi connectivity index (χ4n) is 1.81. The fourth-order valence-corrected chi connectivity index (χ4v) is 1.98. The van der Waals surface area contributed by atoms with Crippen LogP contribution in [0.25, 0.3) is 22.4 Å². The van der Waals surface area contributed by atoms with Gasteiger partial charge in [-0.1, -0.05) is 11.6 Å².